The van der Waals surface area contributed by atoms with E-state index in [0.717, 1.165) is 0 Å². The fraction of sp³-hybridized carbons (Fsp3) is 0.429. The fourth-order valence-corrected chi connectivity index (χ4v) is 3.91. The Morgan fingerprint density at radius 3 is 0.950 bits per heavy atom. The van der Waals surface area contributed by atoms with E-state index in [1.54, 1.807) is 49.1 Å². The molecule has 12 heteroatoms. The lowest BCUT2D eigenvalue weighted by atomic mass is 10.1. The van der Waals surface area contributed by atoms with Crippen molar-refractivity contribution in [2.24, 2.45) is 20.0 Å². The van der Waals surface area contributed by atoms with Gasteiger partial charge in [-0.1, -0.05) is 23.2 Å². The summed E-state index contributed by atoms with van der Waals surface area (Å²) < 4.78 is 22.1. The molecule has 40 heavy (non-hydrogen) atoms. The predicted octanol–water partition coefficient (Wildman–Crippen LogP) is 3.86. The van der Waals surface area contributed by atoms with Gasteiger partial charge in [0, 0.05) is 57.2 Å². The fourth-order valence-electron chi connectivity index (χ4n) is 3.44. The van der Waals surface area contributed by atoms with Crippen molar-refractivity contribution in [2.75, 3.05) is 79.0 Å². The summed E-state index contributed by atoms with van der Waals surface area (Å²) in [6, 6.07) is 6.55. The van der Waals surface area contributed by atoms with Crippen molar-refractivity contribution in [1.29, 1.82) is 0 Å². The number of aliphatic imine (C=N–C) groups is 4. The zero-order valence-electron chi connectivity index (χ0n) is 22.2. The third-order valence-electron chi connectivity index (χ3n) is 5.39. The lowest BCUT2D eigenvalue weighted by Gasteiger charge is -2.06. The quantitative estimate of drug-likeness (QED) is 0.478. The number of benzene rings is 2. The highest BCUT2D eigenvalue weighted by Gasteiger charge is 2.08. The van der Waals surface area contributed by atoms with Crippen molar-refractivity contribution >= 4 is 48.1 Å². The van der Waals surface area contributed by atoms with Crippen LogP contribution in [0.3, 0.4) is 0 Å². The molecular formula is C28H34Cl2N4O6. The first kappa shape index (κ1) is 31.7. The topological polar surface area (TPSA) is 127 Å². The van der Waals surface area contributed by atoms with Crippen LogP contribution in [0, 0.1) is 0 Å². The molecule has 0 fully saturated rings. The molecule has 1 aliphatic rings. The van der Waals surface area contributed by atoms with Gasteiger partial charge >= 0.3 is 0 Å². The smallest absolute Gasteiger partial charge is 0.133 e. The molecule has 0 aromatic heterocycles. The van der Waals surface area contributed by atoms with Crippen molar-refractivity contribution < 1.29 is 29.2 Å². The van der Waals surface area contributed by atoms with Gasteiger partial charge in [-0.3, -0.25) is 20.0 Å². The number of hydrogen-bond donors (Lipinski definition) is 2. The maximum Gasteiger partial charge on any atom is 0.133 e. The second kappa shape index (κ2) is 18.5. The van der Waals surface area contributed by atoms with Crippen LogP contribution in [-0.4, -0.2) is 114 Å². The molecule has 2 aromatic carbocycles. The lowest BCUT2D eigenvalue weighted by Crippen LogP contribution is -2.09. The van der Waals surface area contributed by atoms with Gasteiger partial charge in [0.15, 0.2) is 0 Å². The van der Waals surface area contributed by atoms with Gasteiger partial charge in [-0.15, -0.1) is 0 Å². The number of phenolic OH excluding ortho intramolecular Hbond substituents is 2. The van der Waals surface area contributed by atoms with E-state index in [9.17, 15) is 10.2 Å². The van der Waals surface area contributed by atoms with Gasteiger partial charge in [0.1, 0.15) is 11.5 Å². The van der Waals surface area contributed by atoms with E-state index in [1.807, 2.05) is 0 Å². The second-order valence-electron chi connectivity index (χ2n) is 8.46. The summed E-state index contributed by atoms with van der Waals surface area (Å²) >= 11 is 12.4. The first-order valence-corrected chi connectivity index (χ1v) is 13.7. The molecule has 10 nitrogen and oxygen atoms in total. The Morgan fingerprint density at radius 2 is 0.700 bits per heavy atom. The minimum atomic E-state index is 0.0519. The van der Waals surface area contributed by atoms with Crippen LogP contribution in [0.1, 0.15) is 22.3 Å². The number of fused-ring (bicyclic) bond motifs is 4. The van der Waals surface area contributed by atoms with Gasteiger partial charge in [-0.25, -0.2) is 0 Å². The van der Waals surface area contributed by atoms with E-state index in [-0.39, 0.29) is 11.5 Å². The molecule has 0 atom stereocenters. The van der Waals surface area contributed by atoms with Crippen molar-refractivity contribution in [3.8, 4) is 11.5 Å². The molecule has 2 N–H and O–H groups in total. The number of nitrogens with zero attached hydrogens (tertiary/aromatic N) is 4. The lowest BCUT2D eigenvalue weighted by molar-refractivity contribution is 0.0541. The minimum Gasteiger partial charge on any atom is -0.507 e. The standard InChI is InChI=1S/C28H34Cl2N4O6/c29-25-13-21-17-31-1-5-37-9-10-38-6-2-33-19-23-15-26(30)16-24(28(23)36)20-34-4-8-40-12-11-39-7-3-32-18-22(14-25)27(21)35/h13-20,35-36H,1-12H2. The van der Waals surface area contributed by atoms with Gasteiger partial charge in [-0.05, 0) is 24.3 Å². The summed E-state index contributed by atoms with van der Waals surface area (Å²) in [5.41, 5.74) is 1.99. The molecule has 216 valence electrons. The molecule has 4 bridgehead atoms. The van der Waals surface area contributed by atoms with Gasteiger partial charge < -0.3 is 29.2 Å². The Kier molecular flexibility index (Phi) is 14.6. The summed E-state index contributed by atoms with van der Waals surface area (Å²) in [6.07, 6.45) is 6.24. The van der Waals surface area contributed by atoms with E-state index in [4.69, 9.17) is 42.1 Å². The maximum absolute atomic E-state index is 10.5. The van der Waals surface area contributed by atoms with Gasteiger partial charge in [0.25, 0.3) is 0 Å². The number of halogens is 2. The average Bonchev–Trinajstić information content (AvgIpc) is 2.93. The molecule has 0 spiro atoms. The van der Waals surface area contributed by atoms with Gasteiger partial charge in [0.05, 0.1) is 79.0 Å². The third-order valence-corrected chi connectivity index (χ3v) is 5.83. The van der Waals surface area contributed by atoms with Crippen molar-refractivity contribution in [2.45, 2.75) is 0 Å². The van der Waals surface area contributed by atoms with Crippen LogP contribution >= 0.6 is 23.2 Å². The SMILES string of the molecule is Oc1c2cc(Cl)cc1C=NCCOCCOCCN=Cc1cc(Cl)cc(c1O)C=NCCOCCOCCN=C2. The molecule has 1 heterocycles. The first-order valence-electron chi connectivity index (χ1n) is 12.9. The Bertz CT molecular complexity index is 1020. The zero-order valence-corrected chi connectivity index (χ0v) is 23.7. The van der Waals surface area contributed by atoms with Crippen LogP contribution in [-0.2, 0) is 18.9 Å². The largest absolute Gasteiger partial charge is 0.507 e. The Morgan fingerprint density at radius 1 is 0.450 bits per heavy atom. The number of phenols is 2. The summed E-state index contributed by atoms with van der Waals surface area (Å²) in [5.74, 6) is 0.104. The number of ether oxygens (including phenoxy) is 4. The molecular weight excluding hydrogens is 559 g/mol. The third kappa shape index (κ3) is 11.7. The maximum atomic E-state index is 10.5. The molecule has 1 aliphatic heterocycles. The van der Waals surface area contributed by atoms with Crippen LogP contribution in [0.15, 0.2) is 44.2 Å². The first-order chi connectivity index (χ1) is 19.5. The summed E-state index contributed by atoms with van der Waals surface area (Å²) in [6.45, 7) is 4.90. The van der Waals surface area contributed by atoms with Gasteiger partial charge in [-0.2, -0.15) is 0 Å². The van der Waals surface area contributed by atoms with Crippen LogP contribution in [0.2, 0.25) is 10.0 Å². The van der Waals surface area contributed by atoms with Crippen molar-refractivity contribution in [1.82, 2.24) is 0 Å². The molecule has 0 saturated heterocycles. The molecule has 0 radical (unpaired) electrons. The van der Waals surface area contributed by atoms with E-state index >= 15 is 0 Å². The van der Waals surface area contributed by atoms with Crippen LogP contribution < -0.4 is 0 Å². The second-order valence-corrected chi connectivity index (χ2v) is 9.33. The number of hydrogen-bond acceptors (Lipinski definition) is 10. The van der Waals surface area contributed by atoms with E-state index < -0.39 is 0 Å². The zero-order chi connectivity index (χ0) is 28.4. The summed E-state index contributed by atoms with van der Waals surface area (Å²) in [7, 11) is 0. The van der Waals surface area contributed by atoms with E-state index in [0.29, 0.717) is 111 Å². The summed E-state index contributed by atoms with van der Waals surface area (Å²) in [5, 5.41) is 22.0. The molecule has 0 unspecified atom stereocenters. The highest BCUT2D eigenvalue weighted by molar-refractivity contribution is 6.31. The van der Waals surface area contributed by atoms with E-state index in [2.05, 4.69) is 20.0 Å². The Hall–Kier alpha value is -2.86. The molecule has 0 saturated carbocycles. The Labute approximate surface area is 244 Å². The molecule has 3 rings (SSSR count). The minimum absolute atomic E-state index is 0.0519. The van der Waals surface area contributed by atoms with Crippen molar-refractivity contribution in [3.63, 3.8) is 0 Å². The van der Waals surface area contributed by atoms with Crippen LogP contribution in [0.4, 0.5) is 0 Å². The monoisotopic (exact) mass is 592 g/mol. The number of rotatable bonds is 0. The Balaban J connectivity index is 1.56. The molecule has 2 aromatic rings. The summed E-state index contributed by atoms with van der Waals surface area (Å²) in [4.78, 5) is 17.2. The molecule has 0 aliphatic carbocycles. The van der Waals surface area contributed by atoms with E-state index in [1.165, 1.54) is 0 Å². The highest BCUT2D eigenvalue weighted by atomic mass is 35.5. The molecule has 0 amide bonds. The predicted molar refractivity (Wildman–Crippen MR) is 159 cm³/mol. The normalized spacial score (nSPS) is 17.4. The average molecular weight is 594 g/mol. The number of aromatic hydroxyl groups is 2. The van der Waals surface area contributed by atoms with Crippen LogP contribution in [0.5, 0.6) is 11.5 Å². The highest BCUT2D eigenvalue weighted by Crippen LogP contribution is 2.26. The van der Waals surface area contributed by atoms with Crippen LogP contribution in [0.25, 0.3) is 0 Å². The van der Waals surface area contributed by atoms with Gasteiger partial charge in [0.2, 0.25) is 0 Å². The van der Waals surface area contributed by atoms with Crippen molar-refractivity contribution in [3.05, 3.63) is 56.6 Å².